The van der Waals surface area contributed by atoms with Crippen molar-refractivity contribution in [1.82, 2.24) is 9.78 Å². The second-order valence-corrected chi connectivity index (χ2v) is 4.46. The third-order valence-electron chi connectivity index (χ3n) is 3.41. The summed E-state index contributed by atoms with van der Waals surface area (Å²) in [5.41, 5.74) is 6.67. The number of nitrogens with two attached hydrogens (primary N) is 1. The van der Waals surface area contributed by atoms with Crippen LogP contribution in [0, 0.1) is 0 Å². The highest BCUT2D eigenvalue weighted by Crippen LogP contribution is 2.44. The molecule has 4 heteroatoms. The fourth-order valence-corrected chi connectivity index (χ4v) is 2.34. The first-order valence-corrected chi connectivity index (χ1v) is 5.21. The molecule has 2 aliphatic rings. The summed E-state index contributed by atoms with van der Waals surface area (Å²) >= 11 is 0. The van der Waals surface area contributed by atoms with Crippen LogP contribution in [0.2, 0.25) is 0 Å². The highest BCUT2D eigenvalue weighted by atomic mass is 16.6. The Morgan fingerprint density at radius 3 is 2.71 bits per heavy atom. The van der Waals surface area contributed by atoms with E-state index in [0.29, 0.717) is 6.04 Å². The number of nitrogens with zero attached hydrogens (tertiary/aromatic N) is 2. The first kappa shape index (κ1) is 8.29. The molecule has 14 heavy (non-hydrogen) atoms. The van der Waals surface area contributed by atoms with Gasteiger partial charge in [0, 0.05) is 6.20 Å². The van der Waals surface area contributed by atoms with E-state index in [1.54, 1.807) is 6.20 Å². The minimum absolute atomic E-state index is 0.273. The average Bonchev–Trinajstić information content (AvgIpc) is 2.80. The van der Waals surface area contributed by atoms with Crippen molar-refractivity contribution < 1.29 is 4.74 Å². The van der Waals surface area contributed by atoms with Crippen molar-refractivity contribution >= 4 is 5.69 Å². The van der Waals surface area contributed by atoms with Gasteiger partial charge in [-0.25, -0.2) is 0 Å². The van der Waals surface area contributed by atoms with Gasteiger partial charge in [0.05, 0.1) is 30.1 Å². The molecule has 1 aromatic rings. The Labute approximate surface area is 83.0 Å². The first-order chi connectivity index (χ1) is 6.77. The largest absolute Gasteiger partial charge is 0.396 e. The number of epoxide rings is 1. The SMILES string of the molecule is Nc1cnn(C2CCC3(CC2)CO3)c1. The summed E-state index contributed by atoms with van der Waals surface area (Å²) < 4.78 is 7.48. The molecule has 0 bridgehead atoms. The number of aromatic nitrogens is 2. The summed E-state index contributed by atoms with van der Waals surface area (Å²) in [5.74, 6) is 0. The lowest BCUT2D eigenvalue weighted by Crippen LogP contribution is -2.23. The van der Waals surface area contributed by atoms with E-state index in [-0.39, 0.29) is 5.60 Å². The van der Waals surface area contributed by atoms with Crippen molar-refractivity contribution in [2.45, 2.75) is 37.3 Å². The summed E-state index contributed by atoms with van der Waals surface area (Å²) in [4.78, 5) is 0. The van der Waals surface area contributed by atoms with Crippen LogP contribution in [0.5, 0.6) is 0 Å². The highest BCUT2D eigenvalue weighted by molar-refractivity contribution is 5.30. The van der Waals surface area contributed by atoms with Crippen LogP contribution < -0.4 is 5.73 Å². The predicted molar refractivity (Wildman–Crippen MR) is 52.8 cm³/mol. The van der Waals surface area contributed by atoms with Crippen molar-refractivity contribution in [1.29, 1.82) is 0 Å². The van der Waals surface area contributed by atoms with Crippen LogP contribution in [0.25, 0.3) is 0 Å². The molecular weight excluding hydrogens is 178 g/mol. The maximum Gasteiger partial charge on any atom is 0.0918 e. The van der Waals surface area contributed by atoms with E-state index >= 15 is 0 Å². The van der Waals surface area contributed by atoms with Crippen molar-refractivity contribution in [2.24, 2.45) is 0 Å². The molecule has 3 rings (SSSR count). The zero-order valence-electron chi connectivity index (χ0n) is 8.15. The van der Waals surface area contributed by atoms with Crippen LogP contribution in [0.1, 0.15) is 31.7 Å². The van der Waals surface area contributed by atoms with E-state index < -0.39 is 0 Å². The lowest BCUT2D eigenvalue weighted by molar-refractivity contribution is 0.194. The summed E-state index contributed by atoms with van der Waals surface area (Å²) in [6.45, 7) is 0.973. The van der Waals surface area contributed by atoms with Gasteiger partial charge in [0.25, 0.3) is 0 Å². The number of hydrogen-bond acceptors (Lipinski definition) is 3. The molecule has 4 nitrogen and oxygen atoms in total. The molecule has 2 fully saturated rings. The minimum Gasteiger partial charge on any atom is -0.396 e. The number of anilines is 1. The number of nitrogen functional groups attached to an aromatic ring is 1. The van der Waals surface area contributed by atoms with Gasteiger partial charge in [-0.3, -0.25) is 4.68 Å². The summed E-state index contributed by atoms with van der Waals surface area (Å²) in [6, 6.07) is 0.530. The number of hydrogen-bond donors (Lipinski definition) is 1. The molecule has 1 aliphatic heterocycles. The van der Waals surface area contributed by atoms with E-state index in [1.165, 1.54) is 25.7 Å². The zero-order chi connectivity index (χ0) is 9.60. The summed E-state index contributed by atoms with van der Waals surface area (Å²) in [7, 11) is 0. The van der Waals surface area contributed by atoms with Crippen molar-refractivity contribution in [3.8, 4) is 0 Å². The molecule has 1 spiro atoms. The maximum absolute atomic E-state index is 5.64. The lowest BCUT2D eigenvalue weighted by atomic mass is 9.86. The average molecular weight is 193 g/mol. The van der Waals surface area contributed by atoms with Gasteiger partial charge in [0.2, 0.25) is 0 Å². The van der Waals surface area contributed by atoms with E-state index in [1.807, 2.05) is 10.9 Å². The zero-order valence-corrected chi connectivity index (χ0v) is 8.15. The molecule has 0 amide bonds. The van der Waals surface area contributed by atoms with E-state index in [4.69, 9.17) is 10.5 Å². The molecule has 0 atom stereocenters. The van der Waals surface area contributed by atoms with E-state index in [9.17, 15) is 0 Å². The smallest absolute Gasteiger partial charge is 0.0918 e. The fourth-order valence-electron chi connectivity index (χ4n) is 2.34. The predicted octanol–water partition coefficient (Wildman–Crippen LogP) is 1.35. The number of rotatable bonds is 1. The molecule has 1 saturated carbocycles. The van der Waals surface area contributed by atoms with Crippen molar-refractivity contribution in [3.05, 3.63) is 12.4 Å². The van der Waals surface area contributed by atoms with Crippen LogP contribution in [-0.2, 0) is 4.74 Å². The molecule has 0 aromatic carbocycles. The Morgan fingerprint density at radius 1 is 1.50 bits per heavy atom. The molecule has 0 radical (unpaired) electrons. The molecule has 2 N–H and O–H groups in total. The van der Waals surface area contributed by atoms with Crippen LogP contribution >= 0.6 is 0 Å². The Morgan fingerprint density at radius 2 is 2.21 bits per heavy atom. The molecule has 1 aromatic heterocycles. The summed E-state index contributed by atoms with van der Waals surface area (Å²) in [6.07, 6.45) is 8.34. The quantitative estimate of drug-likeness (QED) is 0.685. The van der Waals surface area contributed by atoms with Gasteiger partial charge >= 0.3 is 0 Å². The minimum atomic E-state index is 0.273. The van der Waals surface area contributed by atoms with Gasteiger partial charge in [-0.15, -0.1) is 0 Å². The summed E-state index contributed by atoms with van der Waals surface area (Å²) in [5, 5.41) is 4.26. The van der Waals surface area contributed by atoms with Gasteiger partial charge in [0.15, 0.2) is 0 Å². The second-order valence-electron chi connectivity index (χ2n) is 4.46. The van der Waals surface area contributed by atoms with Gasteiger partial charge in [-0.1, -0.05) is 0 Å². The highest BCUT2D eigenvalue weighted by Gasteiger charge is 2.47. The van der Waals surface area contributed by atoms with E-state index in [2.05, 4.69) is 5.10 Å². The van der Waals surface area contributed by atoms with Crippen LogP contribution in [0.15, 0.2) is 12.4 Å². The molecule has 1 saturated heterocycles. The topological polar surface area (TPSA) is 56.4 Å². The third-order valence-corrected chi connectivity index (χ3v) is 3.41. The van der Waals surface area contributed by atoms with E-state index in [0.717, 1.165) is 12.3 Å². The van der Waals surface area contributed by atoms with Crippen molar-refractivity contribution in [2.75, 3.05) is 12.3 Å². The molecule has 0 unspecified atom stereocenters. The van der Waals surface area contributed by atoms with Crippen LogP contribution in [0.4, 0.5) is 5.69 Å². The molecule has 76 valence electrons. The van der Waals surface area contributed by atoms with Gasteiger partial charge < -0.3 is 10.5 Å². The number of ether oxygens (including phenoxy) is 1. The van der Waals surface area contributed by atoms with Gasteiger partial charge in [-0.2, -0.15) is 5.10 Å². The Kier molecular flexibility index (Phi) is 1.62. The van der Waals surface area contributed by atoms with Gasteiger partial charge in [-0.05, 0) is 25.7 Å². The van der Waals surface area contributed by atoms with Gasteiger partial charge in [0.1, 0.15) is 0 Å². The standard InChI is InChI=1S/C10H15N3O/c11-8-5-12-13(6-8)9-1-3-10(4-2-9)7-14-10/h5-6,9H,1-4,7,11H2. The maximum atomic E-state index is 5.64. The van der Waals surface area contributed by atoms with Crippen LogP contribution in [0.3, 0.4) is 0 Å². The van der Waals surface area contributed by atoms with Crippen LogP contribution in [-0.4, -0.2) is 22.0 Å². The fraction of sp³-hybridized carbons (Fsp3) is 0.700. The first-order valence-electron chi connectivity index (χ1n) is 5.21. The monoisotopic (exact) mass is 193 g/mol. The second kappa shape index (κ2) is 2.73. The van der Waals surface area contributed by atoms with Crippen molar-refractivity contribution in [3.63, 3.8) is 0 Å². The Bertz CT molecular complexity index is 333. The molecule has 2 heterocycles. The lowest BCUT2D eigenvalue weighted by Gasteiger charge is -2.26. The normalized spacial score (nSPS) is 36.1. The Hall–Kier alpha value is -1.03. The third kappa shape index (κ3) is 1.30. The molecule has 1 aliphatic carbocycles. The Balaban J connectivity index is 1.70. The molecular formula is C10H15N3O.